The summed E-state index contributed by atoms with van der Waals surface area (Å²) < 4.78 is 4.83. The van der Waals surface area contributed by atoms with Crippen molar-refractivity contribution in [3.05, 3.63) is 16.0 Å². The molecule has 1 unspecified atom stereocenters. The first kappa shape index (κ1) is 18.9. The first-order valence-electron chi connectivity index (χ1n) is 8.31. The third-order valence-corrected chi connectivity index (χ3v) is 5.71. The number of hydrogen-bond donors (Lipinski definition) is 2. The monoisotopic (exact) mass is 354 g/mol. The normalized spacial score (nSPS) is 18.4. The molecule has 0 bridgehead atoms. The zero-order chi connectivity index (χ0) is 17.7. The number of esters is 1. The molecule has 1 aliphatic rings. The SMILES string of the molecule is COC(=O)c1c(NC(=O)CN2CCCCC2CCO)sc(C)c1C. The first-order chi connectivity index (χ1) is 11.5. The summed E-state index contributed by atoms with van der Waals surface area (Å²) in [6.45, 7) is 5.06. The van der Waals surface area contributed by atoms with E-state index in [1.807, 2.05) is 13.8 Å². The number of nitrogens with one attached hydrogen (secondary N) is 1. The molecule has 7 heteroatoms. The minimum absolute atomic E-state index is 0.133. The van der Waals surface area contributed by atoms with Gasteiger partial charge < -0.3 is 15.2 Å². The van der Waals surface area contributed by atoms with Crippen molar-refractivity contribution in [2.45, 2.75) is 45.6 Å². The molecule has 1 aromatic rings. The number of methoxy groups -OCH3 is 1. The highest BCUT2D eigenvalue weighted by Gasteiger charge is 2.26. The predicted octanol–water partition coefficient (Wildman–Crippen LogP) is 2.33. The van der Waals surface area contributed by atoms with Gasteiger partial charge in [0.2, 0.25) is 5.91 Å². The fourth-order valence-electron chi connectivity index (χ4n) is 3.16. The van der Waals surface area contributed by atoms with E-state index in [-0.39, 0.29) is 25.1 Å². The summed E-state index contributed by atoms with van der Waals surface area (Å²) in [5, 5.41) is 12.6. The number of aryl methyl sites for hydroxylation is 1. The molecular formula is C17H26N2O4S. The summed E-state index contributed by atoms with van der Waals surface area (Å²) in [6.07, 6.45) is 3.91. The third kappa shape index (κ3) is 4.34. The van der Waals surface area contributed by atoms with Gasteiger partial charge in [0.1, 0.15) is 5.00 Å². The predicted molar refractivity (Wildman–Crippen MR) is 94.7 cm³/mol. The van der Waals surface area contributed by atoms with Crippen LogP contribution in [0.2, 0.25) is 0 Å². The number of carbonyl (C=O) groups is 2. The van der Waals surface area contributed by atoms with Crippen molar-refractivity contribution in [2.75, 3.05) is 32.1 Å². The lowest BCUT2D eigenvalue weighted by Crippen LogP contribution is -2.44. The first-order valence-corrected chi connectivity index (χ1v) is 9.12. The summed E-state index contributed by atoms with van der Waals surface area (Å²) in [6, 6.07) is 0.251. The van der Waals surface area contributed by atoms with Gasteiger partial charge in [0.25, 0.3) is 0 Å². The molecule has 2 rings (SSSR count). The van der Waals surface area contributed by atoms with Crippen LogP contribution in [0.1, 0.15) is 46.5 Å². The summed E-state index contributed by atoms with van der Waals surface area (Å²) in [4.78, 5) is 27.5. The van der Waals surface area contributed by atoms with E-state index < -0.39 is 5.97 Å². The fraction of sp³-hybridized carbons (Fsp3) is 0.647. The van der Waals surface area contributed by atoms with Crippen molar-refractivity contribution in [2.24, 2.45) is 0 Å². The van der Waals surface area contributed by atoms with E-state index >= 15 is 0 Å². The number of nitrogens with zero attached hydrogens (tertiary/aromatic N) is 1. The Labute approximate surface area is 146 Å². The highest BCUT2D eigenvalue weighted by Crippen LogP contribution is 2.33. The second-order valence-corrected chi connectivity index (χ2v) is 7.38. The maximum absolute atomic E-state index is 12.5. The van der Waals surface area contributed by atoms with E-state index in [1.54, 1.807) is 0 Å². The quantitative estimate of drug-likeness (QED) is 0.767. The number of likely N-dealkylation sites (tertiary alicyclic amines) is 1. The molecule has 0 aliphatic carbocycles. The smallest absolute Gasteiger partial charge is 0.341 e. The Morgan fingerprint density at radius 1 is 1.38 bits per heavy atom. The van der Waals surface area contributed by atoms with E-state index in [4.69, 9.17) is 4.74 Å². The molecular weight excluding hydrogens is 328 g/mol. The Morgan fingerprint density at radius 2 is 2.12 bits per heavy atom. The number of anilines is 1. The number of thiophene rings is 1. The Kier molecular flexibility index (Phi) is 6.77. The van der Waals surface area contributed by atoms with Gasteiger partial charge in [0.05, 0.1) is 19.2 Å². The molecule has 24 heavy (non-hydrogen) atoms. The minimum atomic E-state index is -0.428. The molecule has 2 heterocycles. The summed E-state index contributed by atoms with van der Waals surface area (Å²) in [5.74, 6) is -0.561. The van der Waals surface area contributed by atoms with Gasteiger partial charge in [0.15, 0.2) is 0 Å². The number of aliphatic hydroxyl groups is 1. The van der Waals surface area contributed by atoms with Gasteiger partial charge in [0, 0.05) is 17.5 Å². The average Bonchev–Trinajstić information content (AvgIpc) is 2.83. The highest BCUT2D eigenvalue weighted by molar-refractivity contribution is 7.16. The second-order valence-electron chi connectivity index (χ2n) is 6.16. The van der Waals surface area contributed by atoms with Crippen LogP contribution >= 0.6 is 11.3 Å². The molecule has 0 spiro atoms. The van der Waals surface area contributed by atoms with Gasteiger partial charge in [-0.05, 0) is 45.2 Å². The molecule has 1 aliphatic heterocycles. The largest absolute Gasteiger partial charge is 0.465 e. The molecule has 1 atom stereocenters. The summed E-state index contributed by atoms with van der Waals surface area (Å²) in [5.41, 5.74) is 1.29. The molecule has 0 aromatic carbocycles. The highest BCUT2D eigenvalue weighted by atomic mass is 32.1. The van der Waals surface area contributed by atoms with Crippen molar-refractivity contribution in [1.29, 1.82) is 0 Å². The number of amides is 1. The molecule has 1 aromatic heterocycles. The van der Waals surface area contributed by atoms with Crippen LogP contribution in [-0.4, -0.2) is 54.7 Å². The molecule has 1 amide bonds. The number of aliphatic hydroxyl groups excluding tert-OH is 1. The maximum atomic E-state index is 12.5. The van der Waals surface area contributed by atoms with Crippen LogP contribution < -0.4 is 5.32 Å². The van der Waals surface area contributed by atoms with Crippen LogP contribution in [-0.2, 0) is 9.53 Å². The van der Waals surface area contributed by atoms with E-state index in [2.05, 4.69) is 10.2 Å². The maximum Gasteiger partial charge on any atom is 0.341 e. The third-order valence-electron chi connectivity index (χ3n) is 4.59. The lowest BCUT2D eigenvalue weighted by atomic mass is 10.00. The minimum Gasteiger partial charge on any atom is -0.465 e. The fourth-order valence-corrected chi connectivity index (χ4v) is 4.22. The Hall–Kier alpha value is -1.44. The van der Waals surface area contributed by atoms with E-state index in [0.29, 0.717) is 17.0 Å². The molecule has 134 valence electrons. The molecule has 2 N–H and O–H groups in total. The topological polar surface area (TPSA) is 78.9 Å². The standard InChI is InChI=1S/C17H26N2O4S/c1-11-12(2)24-16(15(11)17(22)23-3)18-14(21)10-19-8-5-4-6-13(19)7-9-20/h13,20H,4-10H2,1-3H3,(H,18,21). The Balaban J connectivity index is 2.07. The summed E-state index contributed by atoms with van der Waals surface area (Å²) in [7, 11) is 1.34. The molecule has 0 radical (unpaired) electrons. The Bertz CT molecular complexity index is 598. The van der Waals surface area contributed by atoms with E-state index in [0.717, 1.165) is 36.2 Å². The molecule has 1 fully saturated rings. The van der Waals surface area contributed by atoms with Crippen molar-refractivity contribution < 1.29 is 19.4 Å². The van der Waals surface area contributed by atoms with Crippen LogP contribution in [0.3, 0.4) is 0 Å². The van der Waals surface area contributed by atoms with Crippen molar-refractivity contribution >= 4 is 28.2 Å². The van der Waals surface area contributed by atoms with Gasteiger partial charge in [-0.15, -0.1) is 11.3 Å². The summed E-state index contributed by atoms with van der Waals surface area (Å²) >= 11 is 1.39. The van der Waals surface area contributed by atoms with Gasteiger partial charge in [-0.3, -0.25) is 9.69 Å². The molecule has 0 saturated carbocycles. The van der Waals surface area contributed by atoms with Crippen molar-refractivity contribution in [1.82, 2.24) is 4.90 Å². The number of hydrogen-bond acceptors (Lipinski definition) is 6. The van der Waals surface area contributed by atoms with Crippen molar-refractivity contribution in [3.8, 4) is 0 Å². The number of rotatable bonds is 6. The average molecular weight is 354 g/mol. The van der Waals surface area contributed by atoms with Crippen LogP contribution in [0, 0.1) is 13.8 Å². The van der Waals surface area contributed by atoms with Gasteiger partial charge in [-0.1, -0.05) is 6.42 Å². The zero-order valence-electron chi connectivity index (χ0n) is 14.6. The van der Waals surface area contributed by atoms with Crippen LogP contribution in [0.4, 0.5) is 5.00 Å². The lowest BCUT2D eigenvalue weighted by Gasteiger charge is -2.34. The van der Waals surface area contributed by atoms with Gasteiger partial charge in [-0.2, -0.15) is 0 Å². The van der Waals surface area contributed by atoms with Crippen LogP contribution in [0.5, 0.6) is 0 Å². The number of piperidine rings is 1. The number of ether oxygens (including phenoxy) is 1. The zero-order valence-corrected chi connectivity index (χ0v) is 15.4. The lowest BCUT2D eigenvalue weighted by molar-refractivity contribution is -0.118. The van der Waals surface area contributed by atoms with Crippen LogP contribution in [0.15, 0.2) is 0 Å². The van der Waals surface area contributed by atoms with E-state index in [9.17, 15) is 14.7 Å². The van der Waals surface area contributed by atoms with Gasteiger partial charge in [-0.25, -0.2) is 4.79 Å². The molecule has 1 saturated heterocycles. The number of carbonyl (C=O) groups excluding carboxylic acids is 2. The van der Waals surface area contributed by atoms with E-state index in [1.165, 1.54) is 18.4 Å². The van der Waals surface area contributed by atoms with Crippen LogP contribution in [0.25, 0.3) is 0 Å². The second kappa shape index (κ2) is 8.60. The Morgan fingerprint density at radius 3 is 2.79 bits per heavy atom. The van der Waals surface area contributed by atoms with Crippen molar-refractivity contribution in [3.63, 3.8) is 0 Å². The molecule has 6 nitrogen and oxygen atoms in total. The van der Waals surface area contributed by atoms with Gasteiger partial charge >= 0.3 is 5.97 Å².